The van der Waals surface area contributed by atoms with Crippen molar-refractivity contribution in [1.29, 1.82) is 0 Å². The van der Waals surface area contributed by atoms with Crippen molar-refractivity contribution in [3.63, 3.8) is 0 Å². The van der Waals surface area contributed by atoms with E-state index in [2.05, 4.69) is 5.10 Å². The van der Waals surface area contributed by atoms with Gasteiger partial charge >= 0.3 is 0 Å². The minimum absolute atomic E-state index is 0.262. The Morgan fingerprint density at radius 1 is 1.20 bits per heavy atom. The van der Waals surface area contributed by atoms with Gasteiger partial charge in [0.25, 0.3) is 0 Å². The maximum atomic E-state index is 13.3. The van der Waals surface area contributed by atoms with Gasteiger partial charge < -0.3 is 4.74 Å². The van der Waals surface area contributed by atoms with Gasteiger partial charge in [-0.3, -0.25) is 4.68 Å². The summed E-state index contributed by atoms with van der Waals surface area (Å²) in [6.45, 7) is 0.473. The molecule has 0 bridgehead atoms. The largest absolute Gasteiger partial charge is 0.497 e. The Labute approximate surface area is 153 Å². The number of aromatic nitrogens is 2. The molecule has 25 heavy (non-hydrogen) atoms. The van der Waals surface area contributed by atoms with Crippen molar-refractivity contribution >= 4 is 21.6 Å². The van der Waals surface area contributed by atoms with Crippen LogP contribution in [0.3, 0.4) is 0 Å². The first-order valence-corrected chi connectivity index (χ1v) is 10.1. The molecule has 0 amide bonds. The molecule has 0 spiro atoms. The van der Waals surface area contributed by atoms with Crippen molar-refractivity contribution in [1.82, 2.24) is 14.1 Å². The predicted octanol–water partition coefficient (Wildman–Crippen LogP) is 3.39. The number of methoxy groups -OCH3 is 1. The minimum Gasteiger partial charge on any atom is -0.497 e. The quantitative estimate of drug-likeness (QED) is 0.811. The van der Waals surface area contributed by atoms with Gasteiger partial charge in [-0.15, -0.1) is 0 Å². The molecule has 1 saturated heterocycles. The highest BCUT2D eigenvalue weighted by molar-refractivity contribution is 7.89. The molecule has 6 nitrogen and oxygen atoms in total. The molecule has 2 heterocycles. The van der Waals surface area contributed by atoms with Gasteiger partial charge in [0.05, 0.1) is 35.0 Å². The van der Waals surface area contributed by atoms with E-state index in [1.54, 1.807) is 53.6 Å². The number of hydrogen-bond acceptors (Lipinski definition) is 4. The monoisotopic (exact) mass is 383 g/mol. The van der Waals surface area contributed by atoms with E-state index in [1.807, 2.05) is 0 Å². The molecule has 0 aliphatic carbocycles. The van der Waals surface area contributed by atoms with Crippen molar-refractivity contribution in [3.05, 3.63) is 41.2 Å². The van der Waals surface area contributed by atoms with Gasteiger partial charge in [-0.05, 0) is 37.1 Å². The molecule has 2 aromatic rings. The summed E-state index contributed by atoms with van der Waals surface area (Å²) in [6.07, 6.45) is 5.09. The molecule has 1 unspecified atom stereocenters. The Morgan fingerprint density at radius 3 is 2.52 bits per heavy atom. The number of benzene rings is 1. The van der Waals surface area contributed by atoms with Crippen molar-refractivity contribution in [2.75, 3.05) is 13.7 Å². The Kier molecular flexibility index (Phi) is 5.36. The third-order valence-electron chi connectivity index (χ3n) is 4.62. The zero-order valence-electron chi connectivity index (χ0n) is 14.4. The molecule has 3 rings (SSSR count). The molecular weight excluding hydrogens is 362 g/mol. The van der Waals surface area contributed by atoms with Crippen LogP contribution in [-0.2, 0) is 17.1 Å². The summed E-state index contributed by atoms with van der Waals surface area (Å²) in [5.41, 5.74) is 0.751. The molecule has 0 N–H and O–H groups in total. The van der Waals surface area contributed by atoms with Crippen LogP contribution in [0.25, 0.3) is 0 Å². The van der Waals surface area contributed by atoms with E-state index in [0.29, 0.717) is 17.3 Å². The fourth-order valence-corrected chi connectivity index (χ4v) is 5.27. The van der Waals surface area contributed by atoms with Crippen molar-refractivity contribution in [3.8, 4) is 5.75 Å². The smallest absolute Gasteiger partial charge is 0.243 e. The molecule has 8 heteroatoms. The number of aryl methyl sites for hydroxylation is 1. The fraction of sp³-hybridized carbons (Fsp3) is 0.471. The van der Waals surface area contributed by atoms with Gasteiger partial charge in [-0.1, -0.05) is 24.4 Å². The van der Waals surface area contributed by atoms with Crippen LogP contribution in [0.4, 0.5) is 0 Å². The molecular formula is C17H22ClN3O3S. The van der Waals surface area contributed by atoms with E-state index in [-0.39, 0.29) is 10.9 Å². The molecule has 1 atom stereocenters. The van der Waals surface area contributed by atoms with E-state index in [9.17, 15) is 8.42 Å². The first-order valence-electron chi connectivity index (χ1n) is 8.28. The predicted molar refractivity (Wildman–Crippen MR) is 96.3 cm³/mol. The van der Waals surface area contributed by atoms with Crippen molar-refractivity contribution < 1.29 is 13.2 Å². The van der Waals surface area contributed by atoms with E-state index in [4.69, 9.17) is 16.3 Å². The number of hydrogen-bond donors (Lipinski definition) is 0. The standard InChI is InChI=1S/C17H22ClN3O3S/c1-20-17(15(18)12-19-20)16-6-4-3-5-11-21(16)25(22,23)14-9-7-13(24-2)8-10-14/h7-10,12,16H,3-6,11H2,1-2H3. The Balaban J connectivity index is 2.03. The Morgan fingerprint density at radius 2 is 1.92 bits per heavy atom. The maximum Gasteiger partial charge on any atom is 0.243 e. The number of nitrogens with zero attached hydrogens (tertiary/aromatic N) is 3. The van der Waals surface area contributed by atoms with Crippen LogP contribution in [0.1, 0.15) is 37.4 Å². The van der Waals surface area contributed by atoms with Gasteiger partial charge in [0.15, 0.2) is 0 Å². The van der Waals surface area contributed by atoms with Crippen LogP contribution in [0.15, 0.2) is 35.4 Å². The zero-order valence-corrected chi connectivity index (χ0v) is 15.9. The van der Waals surface area contributed by atoms with Crippen LogP contribution in [0, 0.1) is 0 Å². The highest BCUT2D eigenvalue weighted by atomic mass is 35.5. The third kappa shape index (κ3) is 3.54. The highest BCUT2D eigenvalue weighted by Crippen LogP contribution is 2.37. The van der Waals surface area contributed by atoms with Crippen LogP contribution in [-0.4, -0.2) is 36.2 Å². The first-order chi connectivity index (χ1) is 11.9. The summed E-state index contributed by atoms with van der Waals surface area (Å²) in [4.78, 5) is 0.262. The van der Waals surface area contributed by atoms with Gasteiger partial charge in [0.1, 0.15) is 5.75 Å². The molecule has 0 radical (unpaired) electrons. The van der Waals surface area contributed by atoms with Gasteiger partial charge in [-0.2, -0.15) is 9.40 Å². The topological polar surface area (TPSA) is 64.4 Å². The molecule has 1 aliphatic heterocycles. The first kappa shape index (κ1) is 18.2. The third-order valence-corrected chi connectivity index (χ3v) is 6.84. The number of rotatable bonds is 4. The minimum atomic E-state index is -3.64. The van der Waals surface area contributed by atoms with Gasteiger partial charge in [0.2, 0.25) is 10.0 Å². The molecule has 1 aromatic heterocycles. The summed E-state index contributed by atoms with van der Waals surface area (Å²) in [5.74, 6) is 0.626. The van der Waals surface area contributed by atoms with E-state index in [1.165, 1.54) is 0 Å². The van der Waals surface area contributed by atoms with E-state index in [0.717, 1.165) is 31.4 Å². The number of sulfonamides is 1. The summed E-state index contributed by atoms with van der Waals surface area (Å²) in [7, 11) is -0.291. The molecule has 136 valence electrons. The Hall–Kier alpha value is -1.57. The second-order valence-corrected chi connectivity index (χ2v) is 8.46. The van der Waals surface area contributed by atoms with E-state index >= 15 is 0 Å². The fourth-order valence-electron chi connectivity index (χ4n) is 3.32. The summed E-state index contributed by atoms with van der Waals surface area (Å²) in [6, 6.07) is 6.18. The average Bonchev–Trinajstić information content (AvgIpc) is 2.80. The van der Waals surface area contributed by atoms with E-state index < -0.39 is 10.0 Å². The summed E-state index contributed by atoms with van der Waals surface area (Å²) < 4.78 is 34.9. The Bertz CT molecular complexity index is 814. The number of ether oxygens (including phenoxy) is 1. The highest BCUT2D eigenvalue weighted by Gasteiger charge is 2.36. The van der Waals surface area contributed by atoms with Gasteiger partial charge in [0, 0.05) is 13.6 Å². The lowest BCUT2D eigenvalue weighted by atomic mass is 10.1. The van der Waals surface area contributed by atoms with Crippen molar-refractivity contribution in [2.24, 2.45) is 7.05 Å². The van der Waals surface area contributed by atoms with Crippen LogP contribution >= 0.6 is 11.6 Å². The lowest BCUT2D eigenvalue weighted by Crippen LogP contribution is -2.35. The lowest BCUT2D eigenvalue weighted by molar-refractivity contribution is 0.315. The van der Waals surface area contributed by atoms with Crippen LogP contribution < -0.4 is 4.74 Å². The maximum absolute atomic E-state index is 13.3. The van der Waals surface area contributed by atoms with Crippen LogP contribution in [0.2, 0.25) is 5.02 Å². The number of halogens is 1. The van der Waals surface area contributed by atoms with Crippen LogP contribution in [0.5, 0.6) is 5.75 Å². The average molecular weight is 384 g/mol. The summed E-state index contributed by atoms with van der Waals surface area (Å²) >= 11 is 6.31. The SMILES string of the molecule is COc1ccc(S(=O)(=O)N2CCCCCC2c2c(Cl)cnn2C)cc1. The van der Waals surface area contributed by atoms with Crippen molar-refractivity contribution in [2.45, 2.75) is 36.6 Å². The second-order valence-electron chi connectivity index (χ2n) is 6.16. The zero-order chi connectivity index (χ0) is 18.0. The molecule has 0 saturated carbocycles. The molecule has 1 aliphatic rings. The lowest BCUT2D eigenvalue weighted by Gasteiger charge is -2.29. The normalized spacial score (nSPS) is 19.6. The molecule has 1 fully saturated rings. The molecule has 1 aromatic carbocycles. The van der Waals surface area contributed by atoms with Gasteiger partial charge in [-0.25, -0.2) is 8.42 Å². The second kappa shape index (κ2) is 7.35. The summed E-state index contributed by atoms with van der Waals surface area (Å²) in [5, 5.41) is 4.68.